The Bertz CT molecular complexity index is 637. The summed E-state index contributed by atoms with van der Waals surface area (Å²) < 4.78 is 6.65. The van der Waals surface area contributed by atoms with Crippen molar-refractivity contribution in [2.75, 3.05) is 13.4 Å². The Morgan fingerprint density at radius 3 is 2.80 bits per heavy atom. The van der Waals surface area contributed by atoms with Crippen molar-refractivity contribution in [3.63, 3.8) is 0 Å². The number of halogens is 1. The molecule has 0 amide bonds. The molecule has 0 unspecified atom stereocenters. The Labute approximate surface area is 134 Å². The summed E-state index contributed by atoms with van der Waals surface area (Å²) in [5.41, 5.74) is 2.70. The predicted octanol–water partition coefficient (Wildman–Crippen LogP) is 4.18. The standard InChI is InChI=1S/C14H13BrO3S2/c1-18-13(17)12-6-9(14(19-2)20-12)8-4-3-5-11(15)10(8)7-16/h3-6,16H,7H2,1-2H3. The van der Waals surface area contributed by atoms with Crippen LogP contribution in [0.25, 0.3) is 11.1 Å². The van der Waals surface area contributed by atoms with Gasteiger partial charge in [0, 0.05) is 10.0 Å². The molecule has 2 rings (SSSR count). The van der Waals surface area contributed by atoms with E-state index in [1.807, 2.05) is 30.5 Å². The molecule has 0 aliphatic carbocycles. The van der Waals surface area contributed by atoms with Gasteiger partial charge in [0.2, 0.25) is 0 Å². The summed E-state index contributed by atoms with van der Waals surface area (Å²) in [5, 5.41) is 9.56. The number of thiophene rings is 1. The number of rotatable bonds is 4. The Kier molecular flexibility index (Phi) is 5.26. The lowest BCUT2D eigenvalue weighted by molar-refractivity contribution is 0.0606. The molecule has 0 aliphatic rings. The van der Waals surface area contributed by atoms with Crippen molar-refractivity contribution in [3.8, 4) is 11.1 Å². The molecule has 6 heteroatoms. The van der Waals surface area contributed by atoms with Crippen LogP contribution in [-0.4, -0.2) is 24.4 Å². The molecular weight excluding hydrogens is 360 g/mol. The van der Waals surface area contributed by atoms with Gasteiger partial charge in [-0.1, -0.05) is 28.1 Å². The van der Waals surface area contributed by atoms with Crippen molar-refractivity contribution < 1.29 is 14.6 Å². The lowest BCUT2D eigenvalue weighted by Gasteiger charge is -2.09. The van der Waals surface area contributed by atoms with Gasteiger partial charge in [0.15, 0.2) is 0 Å². The van der Waals surface area contributed by atoms with Gasteiger partial charge < -0.3 is 9.84 Å². The molecule has 0 fully saturated rings. The number of hydrogen-bond acceptors (Lipinski definition) is 5. The molecule has 0 bridgehead atoms. The maximum atomic E-state index is 11.7. The second-order valence-electron chi connectivity index (χ2n) is 3.93. The first-order valence-electron chi connectivity index (χ1n) is 5.77. The maximum Gasteiger partial charge on any atom is 0.348 e. The Morgan fingerprint density at radius 1 is 1.45 bits per heavy atom. The van der Waals surface area contributed by atoms with E-state index in [1.54, 1.807) is 11.8 Å². The first-order valence-corrected chi connectivity index (χ1v) is 8.60. The maximum absolute atomic E-state index is 11.7. The zero-order chi connectivity index (χ0) is 14.7. The van der Waals surface area contributed by atoms with Crippen molar-refractivity contribution in [2.24, 2.45) is 0 Å². The minimum atomic E-state index is -0.336. The number of aliphatic hydroxyl groups is 1. The fourth-order valence-corrected chi connectivity index (χ4v) is 4.19. The van der Waals surface area contributed by atoms with Crippen molar-refractivity contribution in [2.45, 2.75) is 10.8 Å². The summed E-state index contributed by atoms with van der Waals surface area (Å²) in [6.07, 6.45) is 1.97. The number of ether oxygens (including phenoxy) is 1. The third kappa shape index (κ3) is 2.93. The van der Waals surface area contributed by atoms with Gasteiger partial charge in [-0.25, -0.2) is 4.79 Å². The Morgan fingerprint density at radius 2 is 2.20 bits per heavy atom. The van der Waals surface area contributed by atoms with Gasteiger partial charge in [0.1, 0.15) is 4.88 Å². The third-order valence-electron chi connectivity index (χ3n) is 2.84. The fraction of sp³-hybridized carbons (Fsp3) is 0.214. The second kappa shape index (κ2) is 6.76. The van der Waals surface area contributed by atoms with Crippen molar-refractivity contribution >= 4 is 45.0 Å². The number of carbonyl (C=O) groups is 1. The number of benzene rings is 1. The van der Waals surface area contributed by atoms with Gasteiger partial charge in [-0.3, -0.25) is 0 Å². The van der Waals surface area contributed by atoms with Crippen LogP contribution in [0.4, 0.5) is 0 Å². The fourth-order valence-electron chi connectivity index (χ4n) is 1.89. The van der Waals surface area contributed by atoms with Crippen LogP contribution in [0.1, 0.15) is 15.2 Å². The summed E-state index contributed by atoms with van der Waals surface area (Å²) in [7, 11) is 1.37. The molecule has 0 saturated carbocycles. The van der Waals surface area contributed by atoms with Gasteiger partial charge in [-0.2, -0.15) is 0 Å². The topological polar surface area (TPSA) is 46.5 Å². The third-order valence-corrected chi connectivity index (χ3v) is 5.83. The van der Waals surface area contributed by atoms with E-state index in [9.17, 15) is 9.90 Å². The number of esters is 1. The minimum Gasteiger partial charge on any atom is -0.465 e. The highest BCUT2D eigenvalue weighted by atomic mass is 79.9. The molecule has 1 aromatic heterocycles. The lowest BCUT2D eigenvalue weighted by atomic mass is 10.0. The van der Waals surface area contributed by atoms with E-state index in [0.29, 0.717) is 4.88 Å². The van der Waals surface area contributed by atoms with Crippen LogP contribution in [-0.2, 0) is 11.3 Å². The highest BCUT2D eigenvalue weighted by Crippen LogP contribution is 2.40. The van der Waals surface area contributed by atoms with Gasteiger partial charge in [-0.15, -0.1) is 23.1 Å². The summed E-state index contributed by atoms with van der Waals surface area (Å²) >= 11 is 6.43. The Balaban J connectivity index is 2.60. The molecule has 0 radical (unpaired) electrons. The van der Waals surface area contributed by atoms with Crippen LogP contribution in [0.3, 0.4) is 0 Å². The van der Waals surface area contributed by atoms with E-state index in [0.717, 1.165) is 25.4 Å². The van der Waals surface area contributed by atoms with Gasteiger partial charge in [0.25, 0.3) is 0 Å². The van der Waals surface area contributed by atoms with Crippen LogP contribution in [0.15, 0.2) is 32.9 Å². The molecule has 1 aromatic carbocycles. The monoisotopic (exact) mass is 372 g/mol. The first-order chi connectivity index (χ1) is 9.62. The number of aliphatic hydroxyl groups excluding tert-OH is 1. The summed E-state index contributed by atoms with van der Waals surface area (Å²) in [6.45, 7) is -0.0615. The predicted molar refractivity (Wildman–Crippen MR) is 86.5 cm³/mol. The van der Waals surface area contributed by atoms with E-state index in [4.69, 9.17) is 4.74 Å². The van der Waals surface area contributed by atoms with Gasteiger partial charge in [0.05, 0.1) is 17.9 Å². The molecule has 3 nitrogen and oxygen atoms in total. The second-order valence-corrected chi connectivity index (χ2v) is 6.91. The van der Waals surface area contributed by atoms with Crippen LogP contribution < -0.4 is 0 Å². The quantitative estimate of drug-likeness (QED) is 0.645. The normalized spacial score (nSPS) is 10.6. The van der Waals surface area contributed by atoms with E-state index in [-0.39, 0.29) is 12.6 Å². The van der Waals surface area contributed by atoms with E-state index in [1.165, 1.54) is 18.4 Å². The highest BCUT2D eigenvalue weighted by molar-refractivity contribution is 9.10. The van der Waals surface area contributed by atoms with E-state index < -0.39 is 0 Å². The van der Waals surface area contributed by atoms with Gasteiger partial charge >= 0.3 is 5.97 Å². The molecule has 2 aromatic rings. The van der Waals surface area contributed by atoms with E-state index in [2.05, 4.69) is 15.9 Å². The van der Waals surface area contributed by atoms with Gasteiger partial charge in [-0.05, 0) is 29.5 Å². The summed E-state index contributed by atoms with van der Waals surface area (Å²) in [6, 6.07) is 7.57. The smallest absolute Gasteiger partial charge is 0.348 e. The average Bonchev–Trinajstić information content (AvgIpc) is 2.90. The van der Waals surface area contributed by atoms with Crippen molar-refractivity contribution in [1.82, 2.24) is 0 Å². The Hall–Kier alpha value is -0.820. The average molecular weight is 373 g/mol. The molecule has 0 saturated heterocycles. The molecule has 20 heavy (non-hydrogen) atoms. The summed E-state index contributed by atoms with van der Waals surface area (Å²) in [5.74, 6) is -0.336. The largest absolute Gasteiger partial charge is 0.465 e. The van der Waals surface area contributed by atoms with Crippen molar-refractivity contribution in [3.05, 3.63) is 39.2 Å². The molecular formula is C14H13BrO3S2. The zero-order valence-corrected chi connectivity index (χ0v) is 14.2. The zero-order valence-electron chi connectivity index (χ0n) is 11.0. The number of hydrogen-bond donors (Lipinski definition) is 1. The highest BCUT2D eigenvalue weighted by Gasteiger charge is 2.18. The number of methoxy groups -OCH3 is 1. The van der Waals surface area contributed by atoms with Crippen LogP contribution >= 0.6 is 39.0 Å². The van der Waals surface area contributed by atoms with Crippen molar-refractivity contribution in [1.29, 1.82) is 0 Å². The van der Waals surface area contributed by atoms with Crippen LogP contribution in [0.2, 0.25) is 0 Å². The first kappa shape index (κ1) is 15.6. The minimum absolute atomic E-state index is 0.0615. The molecule has 0 aliphatic heterocycles. The SMILES string of the molecule is COC(=O)c1cc(-c2cccc(Br)c2CO)c(SC)s1. The molecule has 0 atom stereocenters. The number of carbonyl (C=O) groups excluding carboxylic acids is 1. The van der Waals surface area contributed by atoms with Crippen LogP contribution in [0.5, 0.6) is 0 Å². The molecule has 106 valence electrons. The number of thioether (sulfide) groups is 1. The molecule has 0 spiro atoms. The summed E-state index contributed by atoms with van der Waals surface area (Å²) in [4.78, 5) is 12.2. The van der Waals surface area contributed by atoms with E-state index >= 15 is 0 Å². The lowest BCUT2D eigenvalue weighted by Crippen LogP contribution is -1.97. The molecule has 1 N–H and O–H groups in total. The van der Waals surface area contributed by atoms with Crippen LogP contribution in [0, 0.1) is 0 Å². The molecule has 1 heterocycles.